The number of carbonyl (C=O) groups excluding carboxylic acids is 1. The molecule has 0 atom stereocenters. The van der Waals surface area contributed by atoms with E-state index in [1.807, 2.05) is 60.7 Å². The van der Waals surface area contributed by atoms with Gasteiger partial charge in [-0.2, -0.15) is 0 Å². The smallest absolute Gasteiger partial charge is 0.262 e. The van der Waals surface area contributed by atoms with Crippen molar-refractivity contribution in [2.24, 2.45) is 0 Å². The largest absolute Gasteiger partial charge is 0.277 e. The molecule has 3 aromatic carbocycles. The number of carbonyl (C=O) groups is 1. The van der Waals surface area contributed by atoms with Gasteiger partial charge in [-0.3, -0.25) is 9.69 Å². The van der Waals surface area contributed by atoms with Gasteiger partial charge in [0.25, 0.3) is 5.91 Å². The van der Waals surface area contributed by atoms with Crippen molar-refractivity contribution in [2.45, 2.75) is 0 Å². The first kappa shape index (κ1) is 14.0. The fourth-order valence-corrected chi connectivity index (χ4v) is 2.29. The molecule has 3 rings (SSSR count). The Labute approximate surface area is 128 Å². The lowest BCUT2D eigenvalue weighted by Crippen LogP contribution is -2.25. The Hall–Kier alpha value is -2.94. The van der Waals surface area contributed by atoms with Crippen LogP contribution in [-0.4, -0.2) is 5.91 Å². The predicted molar refractivity (Wildman–Crippen MR) is 85.8 cm³/mol. The summed E-state index contributed by atoms with van der Waals surface area (Å²) >= 11 is 0. The molecule has 0 spiro atoms. The number of hydrogen-bond donors (Lipinski definition) is 0. The summed E-state index contributed by atoms with van der Waals surface area (Å²) in [4.78, 5) is 14.4. The van der Waals surface area contributed by atoms with Gasteiger partial charge < -0.3 is 0 Å². The first-order chi connectivity index (χ1) is 10.8. The van der Waals surface area contributed by atoms with Gasteiger partial charge in [-0.1, -0.05) is 42.5 Å². The van der Waals surface area contributed by atoms with Crippen molar-refractivity contribution in [1.29, 1.82) is 0 Å². The molecule has 22 heavy (non-hydrogen) atoms. The first-order valence-corrected chi connectivity index (χ1v) is 6.96. The lowest BCUT2D eigenvalue weighted by molar-refractivity contribution is 0.0999. The monoisotopic (exact) mass is 291 g/mol. The number of rotatable bonds is 3. The molecular formula is C19H14FNO. The van der Waals surface area contributed by atoms with Crippen LogP contribution in [0.4, 0.5) is 15.8 Å². The normalized spacial score (nSPS) is 10.2. The van der Waals surface area contributed by atoms with E-state index in [0.717, 1.165) is 11.4 Å². The van der Waals surface area contributed by atoms with Gasteiger partial charge >= 0.3 is 0 Å². The second-order valence-corrected chi connectivity index (χ2v) is 4.82. The number of anilines is 2. The van der Waals surface area contributed by atoms with Gasteiger partial charge in [0.2, 0.25) is 0 Å². The van der Waals surface area contributed by atoms with E-state index in [2.05, 4.69) is 0 Å². The van der Waals surface area contributed by atoms with E-state index in [0.29, 0.717) is 5.56 Å². The van der Waals surface area contributed by atoms with Crippen molar-refractivity contribution in [3.8, 4) is 0 Å². The quantitative estimate of drug-likeness (QED) is 0.678. The molecule has 0 N–H and O–H groups in total. The van der Waals surface area contributed by atoms with E-state index in [-0.39, 0.29) is 5.91 Å². The fraction of sp³-hybridized carbons (Fsp3) is 0. The van der Waals surface area contributed by atoms with E-state index in [1.54, 1.807) is 11.0 Å². The maximum atomic E-state index is 13.4. The van der Waals surface area contributed by atoms with E-state index < -0.39 is 5.82 Å². The molecule has 108 valence electrons. The van der Waals surface area contributed by atoms with Crippen molar-refractivity contribution in [3.05, 3.63) is 96.3 Å². The lowest BCUT2D eigenvalue weighted by atomic mass is 10.1. The van der Waals surface area contributed by atoms with Crippen molar-refractivity contribution in [3.63, 3.8) is 0 Å². The Balaban J connectivity index is 2.08. The molecule has 0 aromatic heterocycles. The van der Waals surface area contributed by atoms with Crippen LogP contribution in [-0.2, 0) is 0 Å². The molecule has 0 aliphatic heterocycles. The molecule has 0 fully saturated rings. The highest BCUT2D eigenvalue weighted by Crippen LogP contribution is 2.27. The Bertz CT molecular complexity index is 732. The molecule has 0 saturated carbocycles. The maximum absolute atomic E-state index is 13.4. The zero-order valence-electron chi connectivity index (χ0n) is 11.8. The zero-order valence-corrected chi connectivity index (χ0v) is 11.8. The van der Waals surface area contributed by atoms with Crippen LogP contribution in [0.1, 0.15) is 10.4 Å². The second kappa shape index (κ2) is 6.22. The van der Waals surface area contributed by atoms with Crippen molar-refractivity contribution >= 4 is 17.3 Å². The Morgan fingerprint density at radius 1 is 0.727 bits per heavy atom. The van der Waals surface area contributed by atoms with Crippen LogP contribution >= 0.6 is 0 Å². The highest BCUT2D eigenvalue weighted by Gasteiger charge is 2.19. The molecule has 0 unspecified atom stereocenters. The van der Waals surface area contributed by atoms with Crippen molar-refractivity contribution in [1.82, 2.24) is 0 Å². The third-order valence-electron chi connectivity index (χ3n) is 3.30. The standard InChI is InChI=1S/C19H14FNO/c20-16-9-7-8-15(14-16)19(22)21(17-10-3-1-4-11-17)18-12-5-2-6-13-18/h1-14H. The van der Waals surface area contributed by atoms with Crippen LogP contribution in [0, 0.1) is 5.82 Å². The van der Waals surface area contributed by atoms with Crippen LogP contribution in [0.15, 0.2) is 84.9 Å². The summed E-state index contributed by atoms with van der Waals surface area (Å²) in [5, 5.41) is 0. The molecule has 0 aliphatic rings. The molecular weight excluding hydrogens is 277 g/mol. The third-order valence-corrected chi connectivity index (χ3v) is 3.30. The first-order valence-electron chi connectivity index (χ1n) is 6.96. The van der Waals surface area contributed by atoms with Gasteiger partial charge in [-0.25, -0.2) is 4.39 Å². The molecule has 0 radical (unpaired) electrons. The fourth-order valence-electron chi connectivity index (χ4n) is 2.29. The summed E-state index contributed by atoms with van der Waals surface area (Å²) in [7, 11) is 0. The number of nitrogens with zero attached hydrogens (tertiary/aromatic N) is 1. The van der Waals surface area contributed by atoms with E-state index in [4.69, 9.17) is 0 Å². The van der Waals surface area contributed by atoms with Crippen LogP contribution < -0.4 is 4.90 Å². The lowest BCUT2D eigenvalue weighted by Gasteiger charge is -2.23. The summed E-state index contributed by atoms with van der Waals surface area (Å²) in [6, 6.07) is 24.4. The van der Waals surface area contributed by atoms with Crippen molar-refractivity contribution < 1.29 is 9.18 Å². The highest BCUT2D eigenvalue weighted by atomic mass is 19.1. The topological polar surface area (TPSA) is 20.3 Å². The predicted octanol–water partition coefficient (Wildman–Crippen LogP) is 4.80. The Morgan fingerprint density at radius 2 is 1.27 bits per heavy atom. The summed E-state index contributed by atoms with van der Waals surface area (Å²) in [6.45, 7) is 0. The molecule has 2 nitrogen and oxygen atoms in total. The van der Waals surface area contributed by atoms with Crippen LogP contribution in [0.25, 0.3) is 0 Å². The number of halogens is 1. The van der Waals surface area contributed by atoms with Crippen LogP contribution in [0.2, 0.25) is 0 Å². The van der Waals surface area contributed by atoms with Gasteiger partial charge in [0.15, 0.2) is 0 Å². The van der Waals surface area contributed by atoms with Crippen LogP contribution in [0.3, 0.4) is 0 Å². The summed E-state index contributed by atoms with van der Waals surface area (Å²) < 4.78 is 13.4. The van der Waals surface area contributed by atoms with E-state index >= 15 is 0 Å². The minimum atomic E-state index is -0.424. The molecule has 3 aromatic rings. The van der Waals surface area contributed by atoms with Gasteiger partial charge in [0, 0.05) is 16.9 Å². The third kappa shape index (κ3) is 2.88. The SMILES string of the molecule is O=C(c1cccc(F)c1)N(c1ccccc1)c1ccccc1. The molecule has 3 heteroatoms. The van der Waals surface area contributed by atoms with E-state index in [9.17, 15) is 9.18 Å². The Kier molecular flexibility index (Phi) is 3.97. The van der Waals surface area contributed by atoms with Gasteiger partial charge in [0.1, 0.15) is 5.82 Å². The molecule has 0 bridgehead atoms. The summed E-state index contributed by atoms with van der Waals surface area (Å²) in [5.74, 6) is -0.691. The zero-order chi connectivity index (χ0) is 15.4. The summed E-state index contributed by atoms with van der Waals surface area (Å²) in [5.41, 5.74) is 1.79. The highest BCUT2D eigenvalue weighted by molar-refractivity contribution is 6.10. The van der Waals surface area contributed by atoms with Crippen LogP contribution in [0.5, 0.6) is 0 Å². The molecule has 0 heterocycles. The maximum Gasteiger partial charge on any atom is 0.262 e. The molecule has 0 saturated heterocycles. The minimum absolute atomic E-state index is 0.267. The average Bonchev–Trinajstić information content (AvgIpc) is 2.57. The van der Waals surface area contributed by atoms with Gasteiger partial charge in [-0.05, 0) is 42.5 Å². The minimum Gasteiger partial charge on any atom is -0.277 e. The van der Waals surface area contributed by atoms with Gasteiger partial charge in [0.05, 0.1) is 0 Å². The molecule has 0 aliphatic carbocycles. The number of para-hydroxylation sites is 2. The number of amides is 1. The molecule has 1 amide bonds. The number of benzene rings is 3. The van der Waals surface area contributed by atoms with E-state index in [1.165, 1.54) is 18.2 Å². The van der Waals surface area contributed by atoms with Crippen molar-refractivity contribution in [2.75, 3.05) is 4.90 Å². The Morgan fingerprint density at radius 3 is 1.77 bits per heavy atom. The van der Waals surface area contributed by atoms with Gasteiger partial charge in [-0.15, -0.1) is 0 Å². The number of hydrogen-bond acceptors (Lipinski definition) is 1. The average molecular weight is 291 g/mol. The second-order valence-electron chi connectivity index (χ2n) is 4.82. The summed E-state index contributed by atoms with van der Waals surface area (Å²) in [6.07, 6.45) is 0.